The fraction of sp³-hybridized carbons (Fsp3) is 0.211. The van der Waals surface area contributed by atoms with E-state index in [-0.39, 0.29) is 18.6 Å². The van der Waals surface area contributed by atoms with Crippen LogP contribution in [0.4, 0.5) is 0 Å². The monoisotopic (exact) mass is 337 g/mol. The number of carbonyl (C=O) groups excluding carboxylic acids is 2. The number of aromatic hydroxyl groups is 1. The average molecular weight is 337 g/mol. The number of phenols is 1. The second kappa shape index (κ2) is 7.17. The zero-order chi connectivity index (χ0) is 17.8. The molecule has 0 aromatic heterocycles. The average Bonchev–Trinajstić information content (AvgIpc) is 3.06. The van der Waals surface area contributed by atoms with Gasteiger partial charge in [0.25, 0.3) is 0 Å². The fourth-order valence-electron chi connectivity index (χ4n) is 2.88. The quantitative estimate of drug-likeness (QED) is 0.897. The van der Waals surface area contributed by atoms with Gasteiger partial charge in [-0.05, 0) is 18.1 Å². The second-order valence-corrected chi connectivity index (χ2v) is 5.80. The molecule has 6 heteroatoms. The molecule has 0 bridgehead atoms. The van der Waals surface area contributed by atoms with Crippen LogP contribution in [0.15, 0.2) is 59.7 Å². The molecule has 1 amide bonds. The van der Waals surface area contributed by atoms with E-state index in [9.17, 15) is 19.8 Å². The molecule has 128 valence electrons. The van der Waals surface area contributed by atoms with Gasteiger partial charge in [-0.1, -0.05) is 48.5 Å². The Balaban J connectivity index is 1.92. The number of amides is 1. The topological polar surface area (TPSA) is 93.0 Å². The zero-order valence-electron chi connectivity index (χ0n) is 13.5. The van der Waals surface area contributed by atoms with Gasteiger partial charge < -0.3 is 15.0 Å². The summed E-state index contributed by atoms with van der Waals surface area (Å²) in [4.78, 5) is 23.1. The van der Waals surface area contributed by atoms with Crippen molar-refractivity contribution in [1.29, 1.82) is 0 Å². The summed E-state index contributed by atoms with van der Waals surface area (Å²) in [6, 6.07) is 15.8. The first kappa shape index (κ1) is 16.7. The maximum Gasteiger partial charge on any atom is 0.243 e. The first-order chi connectivity index (χ1) is 12.1. The molecule has 25 heavy (non-hydrogen) atoms. The second-order valence-electron chi connectivity index (χ2n) is 5.80. The molecule has 2 aromatic rings. The predicted octanol–water partition coefficient (Wildman–Crippen LogP) is 1.60. The smallest absolute Gasteiger partial charge is 0.243 e. The van der Waals surface area contributed by atoms with Gasteiger partial charge in [0.1, 0.15) is 5.75 Å². The Kier molecular flexibility index (Phi) is 4.79. The molecule has 0 aliphatic carbocycles. The van der Waals surface area contributed by atoms with Crippen LogP contribution in [0.3, 0.4) is 0 Å². The van der Waals surface area contributed by atoms with Crippen LogP contribution in [0.25, 0.3) is 0 Å². The third kappa shape index (κ3) is 3.68. The lowest BCUT2D eigenvalue weighted by Gasteiger charge is -2.22. The molecule has 0 fully saturated rings. The molecule has 0 spiro atoms. The molecule has 0 unspecified atom stereocenters. The predicted molar refractivity (Wildman–Crippen MR) is 89.5 cm³/mol. The zero-order valence-corrected chi connectivity index (χ0v) is 13.5. The van der Waals surface area contributed by atoms with Crippen molar-refractivity contribution >= 4 is 17.6 Å². The summed E-state index contributed by atoms with van der Waals surface area (Å²) < 4.78 is 0. The Labute approximate surface area is 145 Å². The highest BCUT2D eigenvalue weighted by molar-refractivity contribution is 6.03. The van der Waals surface area contributed by atoms with E-state index in [1.54, 1.807) is 24.3 Å². The Morgan fingerprint density at radius 3 is 2.44 bits per heavy atom. The van der Waals surface area contributed by atoms with Crippen molar-refractivity contribution in [1.82, 2.24) is 5.01 Å². The number of carboxylic acid groups (broad SMARTS) is 1. The van der Waals surface area contributed by atoms with Gasteiger partial charge in [0, 0.05) is 24.4 Å². The van der Waals surface area contributed by atoms with Crippen LogP contribution in [0, 0.1) is 0 Å². The summed E-state index contributed by atoms with van der Waals surface area (Å²) in [5, 5.41) is 26.5. The van der Waals surface area contributed by atoms with Gasteiger partial charge in [-0.3, -0.25) is 4.79 Å². The highest BCUT2D eigenvalue weighted by atomic mass is 16.4. The molecule has 1 aliphatic heterocycles. The summed E-state index contributed by atoms with van der Waals surface area (Å²) in [7, 11) is 0. The first-order valence-corrected chi connectivity index (χ1v) is 7.99. The number of benzene rings is 2. The number of hydrazone groups is 1. The fourth-order valence-corrected chi connectivity index (χ4v) is 2.88. The van der Waals surface area contributed by atoms with Crippen molar-refractivity contribution < 1.29 is 19.8 Å². The number of hydrogen-bond acceptors (Lipinski definition) is 5. The van der Waals surface area contributed by atoms with E-state index in [1.165, 1.54) is 5.01 Å². The maximum absolute atomic E-state index is 12.5. The SMILES string of the molecule is O=C([O-])CCC(=O)N1N=C(c2ccccc2)C[C@@H]1c1ccccc1O. The van der Waals surface area contributed by atoms with E-state index in [0.29, 0.717) is 12.0 Å². The molecule has 3 rings (SSSR count). The van der Waals surface area contributed by atoms with Gasteiger partial charge in [-0.2, -0.15) is 5.10 Å². The maximum atomic E-state index is 12.5. The summed E-state index contributed by atoms with van der Waals surface area (Å²) in [5.41, 5.74) is 2.19. The third-order valence-electron chi connectivity index (χ3n) is 4.11. The minimum atomic E-state index is -1.28. The van der Waals surface area contributed by atoms with Crippen molar-refractivity contribution in [2.24, 2.45) is 5.10 Å². The van der Waals surface area contributed by atoms with Gasteiger partial charge in [0.15, 0.2) is 0 Å². The number of hydrogen-bond donors (Lipinski definition) is 1. The largest absolute Gasteiger partial charge is 0.550 e. The molecule has 1 heterocycles. The first-order valence-electron chi connectivity index (χ1n) is 7.99. The Morgan fingerprint density at radius 1 is 1.08 bits per heavy atom. The lowest BCUT2D eigenvalue weighted by Crippen LogP contribution is -2.29. The highest BCUT2D eigenvalue weighted by Crippen LogP contribution is 2.37. The van der Waals surface area contributed by atoms with Gasteiger partial charge in [0.05, 0.1) is 11.8 Å². The van der Waals surface area contributed by atoms with E-state index in [2.05, 4.69) is 5.10 Å². The van der Waals surface area contributed by atoms with Gasteiger partial charge in [0.2, 0.25) is 5.91 Å². The molecular weight excluding hydrogens is 320 g/mol. The minimum absolute atomic E-state index is 0.0784. The number of nitrogens with zero attached hydrogens (tertiary/aromatic N) is 2. The van der Waals surface area contributed by atoms with Crippen LogP contribution in [0.2, 0.25) is 0 Å². The molecule has 1 atom stereocenters. The summed E-state index contributed by atoms with van der Waals surface area (Å²) in [6.45, 7) is 0. The van der Waals surface area contributed by atoms with Crippen molar-refractivity contribution in [2.45, 2.75) is 25.3 Å². The Hall–Kier alpha value is -3.15. The van der Waals surface area contributed by atoms with E-state index in [0.717, 1.165) is 11.3 Å². The molecule has 1 aliphatic rings. The van der Waals surface area contributed by atoms with Gasteiger partial charge in [-0.15, -0.1) is 0 Å². The third-order valence-corrected chi connectivity index (χ3v) is 4.11. The van der Waals surface area contributed by atoms with Crippen LogP contribution in [-0.4, -0.2) is 27.7 Å². The molecule has 0 saturated carbocycles. The molecule has 6 nitrogen and oxygen atoms in total. The van der Waals surface area contributed by atoms with Crippen LogP contribution >= 0.6 is 0 Å². The summed E-state index contributed by atoms with van der Waals surface area (Å²) >= 11 is 0. The Bertz CT molecular complexity index is 817. The number of para-hydroxylation sites is 1. The summed E-state index contributed by atoms with van der Waals surface area (Å²) in [5.74, 6) is -1.61. The van der Waals surface area contributed by atoms with E-state index < -0.39 is 17.9 Å². The van der Waals surface area contributed by atoms with Crippen molar-refractivity contribution in [3.8, 4) is 5.75 Å². The number of rotatable bonds is 5. The van der Waals surface area contributed by atoms with E-state index >= 15 is 0 Å². The molecule has 1 N–H and O–H groups in total. The van der Waals surface area contributed by atoms with Crippen molar-refractivity contribution in [2.75, 3.05) is 0 Å². The van der Waals surface area contributed by atoms with Crippen LogP contribution in [0.1, 0.15) is 36.4 Å². The van der Waals surface area contributed by atoms with Crippen molar-refractivity contribution in [3.63, 3.8) is 0 Å². The van der Waals surface area contributed by atoms with Crippen LogP contribution < -0.4 is 5.11 Å². The van der Waals surface area contributed by atoms with Crippen LogP contribution in [0.5, 0.6) is 5.75 Å². The van der Waals surface area contributed by atoms with Crippen molar-refractivity contribution in [3.05, 3.63) is 65.7 Å². The number of carboxylic acids is 1. The molecule has 2 aromatic carbocycles. The van der Waals surface area contributed by atoms with Gasteiger partial charge in [-0.25, -0.2) is 5.01 Å². The Morgan fingerprint density at radius 2 is 1.76 bits per heavy atom. The summed E-state index contributed by atoms with van der Waals surface area (Å²) in [6.07, 6.45) is -0.115. The molecule has 0 saturated heterocycles. The number of aliphatic carboxylic acids is 1. The van der Waals surface area contributed by atoms with Gasteiger partial charge >= 0.3 is 0 Å². The molecular formula is C19H17N2O4-. The van der Waals surface area contributed by atoms with E-state index in [4.69, 9.17) is 0 Å². The highest BCUT2D eigenvalue weighted by Gasteiger charge is 2.34. The van der Waals surface area contributed by atoms with E-state index in [1.807, 2.05) is 30.3 Å². The minimum Gasteiger partial charge on any atom is -0.550 e. The molecule has 0 radical (unpaired) electrons. The lowest BCUT2D eigenvalue weighted by atomic mass is 9.97. The van der Waals surface area contributed by atoms with Crippen LogP contribution in [-0.2, 0) is 9.59 Å². The standard InChI is InChI=1S/C19H18N2O4/c22-17-9-5-4-8-14(17)16-12-15(13-6-2-1-3-7-13)20-21(16)18(23)10-11-19(24)25/h1-9,16,22H,10-12H2,(H,24,25)/p-1/t16-/m1/s1. The normalized spacial score (nSPS) is 16.6. The number of phenolic OH excluding ortho intramolecular Hbond substituents is 1. The number of carbonyl (C=O) groups is 2. The lowest BCUT2D eigenvalue weighted by molar-refractivity contribution is -0.305.